The lowest BCUT2D eigenvalue weighted by Crippen LogP contribution is -2.33. The van der Waals surface area contributed by atoms with Gasteiger partial charge in [0.1, 0.15) is 12.4 Å². The molecule has 0 aliphatic carbocycles. The normalized spacial score (nSPS) is 9.95. The summed E-state index contributed by atoms with van der Waals surface area (Å²) in [6, 6.07) is 4.39. The number of carbonyl (C=O) groups excluding carboxylic acids is 1. The highest BCUT2D eigenvalue weighted by molar-refractivity contribution is 5.77. The van der Waals surface area contributed by atoms with E-state index in [1.807, 2.05) is 0 Å². The van der Waals surface area contributed by atoms with Gasteiger partial charge in [0.15, 0.2) is 0 Å². The first kappa shape index (κ1) is 15.2. The van der Waals surface area contributed by atoms with Gasteiger partial charge in [-0.3, -0.25) is 4.79 Å². The molecule has 0 saturated carbocycles. The van der Waals surface area contributed by atoms with Crippen LogP contribution in [0.15, 0.2) is 18.2 Å². The van der Waals surface area contributed by atoms with Crippen LogP contribution < -0.4 is 5.32 Å². The zero-order chi connectivity index (χ0) is 14.3. The van der Waals surface area contributed by atoms with Gasteiger partial charge in [-0.2, -0.15) is 0 Å². The van der Waals surface area contributed by atoms with Crippen LogP contribution >= 0.6 is 0 Å². The summed E-state index contributed by atoms with van der Waals surface area (Å²) in [6.45, 7) is 0.130. The molecule has 0 unspecified atom stereocenters. The highest BCUT2D eigenvalue weighted by Crippen LogP contribution is 2.09. The summed E-state index contributed by atoms with van der Waals surface area (Å²) in [5.74, 6) is 4.63. The van der Waals surface area contributed by atoms with E-state index in [0.717, 1.165) is 0 Å². The molecule has 1 aromatic rings. The van der Waals surface area contributed by atoms with Crippen molar-refractivity contribution in [2.24, 2.45) is 0 Å². The smallest absolute Gasteiger partial charge is 0.234 e. The maximum atomic E-state index is 13.5. The molecule has 0 bridgehead atoms. The van der Waals surface area contributed by atoms with Gasteiger partial charge in [-0.05, 0) is 32.3 Å². The molecule has 102 valence electrons. The van der Waals surface area contributed by atoms with E-state index < -0.39 is 0 Å². The Morgan fingerprint density at radius 3 is 2.84 bits per heavy atom. The second kappa shape index (κ2) is 7.52. The Labute approximate surface area is 112 Å². The van der Waals surface area contributed by atoms with Crippen molar-refractivity contribution in [2.75, 3.05) is 27.2 Å². The maximum absolute atomic E-state index is 13.5. The summed E-state index contributed by atoms with van der Waals surface area (Å²) in [7, 11) is 3.57. The topological polar surface area (TPSA) is 52.6 Å². The molecule has 0 heterocycles. The van der Waals surface area contributed by atoms with Crippen LogP contribution in [0.5, 0.6) is 0 Å². The summed E-state index contributed by atoms with van der Waals surface area (Å²) in [6.07, 6.45) is 0. The van der Waals surface area contributed by atoms with Crippen molar-refractivity contribution >= 4 is 5.91 Å². The predicted molar refractivity (Wildman–Crippen MR) is 70.8 cm³/mol. The van der Waals surface area contributed by atoms with E-state index in [-0.39, 0.29) is 31.4 Å². The fourth-order valence-electron chi connectivity index (χ4n) is 1.47. The predicted octanol–water partition coefficient (Wildman–Crippen LogP) is 0.347. The third-order valence-electron chi connectivity index (χ3n) is 2.29. The molecule has 2 N–H and O–H groups in total. The molecule has 19 heavy (non-hydrogen) atoms. The van der Waals surface area contributed by atoms with Crippen molar-refractivity contribution in [1.82, 2.24) is 10.2 Å². The van der Waals surface area contributed by atoms with Gasteiger partial charge in [-0.1, -0.05) is 11.8 Å². The molecule has 0 aliphatic heterocycles. The molecule has 0 saturated heterocycles. The van der Waals surface area contributed by atoms with E-state index in [0.29, 0.717) is 11.1 Å². The Bertz CT molecular complexity index is 504. The number of nitrogens with zero attached hydrogens (tertiary/aromatic N) is 1. The molecular weight excluding hydrogens is 247 g/mol. The Balaban J connectivity index is 2.69. The lowest BCUT2D eigenvalue weighted by atomic mass is 10.1. The Morgan fingerprint density at radius 1 is 1.47 bits per heavy atom. The van der Waals surface area contributed by atoms with Crippen LogP contribution in [0.25, 0.3) is 0 Å². The lowest BCUT2D eigenvalue weighted by molar-refractivity contribution is -0.121. The first-order valence-corrected chi connectivity index (χ1v) is 5.82. The van der Waals surface area contributed by atoms with Crippen molar-refractivity contribution in [3.8, 4) is 11.8 Å². The molecular formula is C14H17FN2O2. The first-order valence-electron chi connectivity index (χ1n) is 5.82. The van der Waals surface area contributed by atoms with E-state index in [1.165, 1.54) is 12.1 Å². The standard InChI is InChI=1S/C14H17FN2O2/c1-17(2)10-14(19)16-9-12-8-11(4-3-7-18)5-6-13(12)15/h5-6,8,18H,7,9-10H2,1-2H3,(H,16,19). The summed E-state index contributed by atoms with van der Waals surface area (Å²) in [4.78, 5) is 13.2. The van der Waals surface area contributed by atoms with Crippen molar-refractivity contribution in [1.29, 1.82) is 0 Å². The van der Waals surface area contributed by atoms with Crippen LogP contribution in [0.1, 0.15) is 11.1 Å². The number of halogens is 1. The summed E-state index contributed by atoms with van der Waals surface area (Å²) < 4.78 is 13.5. The number of aliphatic hydroxyl groups excluding tert-OH is 1. The third kappa shape index (κ3) is 5.51. The Morgan fingerprint density at radius 2 is 2.21 bits per heavy atom. The van der Waals surface area contributed by atoms with Crippen molar-refractivity contribution in [2.45, 2.75) is 6.54 Å². The number of hydrogen-bond donors (Lipinski definition) is 2. The number of likely N-dealkylation sites (N-methyl/N-ethyl adjacent to an activating group) is 1. The van der Waals surface area contributed by atoms with E-state index in [1.54, 1.807) is 25.1 Å². The zero-order valence-corrected chi connectivity index (χ0v) is 11.0. The minimum atomic E-state index is -0.389. The molecule has 0 atom stereocenters. The minimum absolute atomic E-state index is 0.118. The van der Waals surface area contributed by atoms with Crippen molar-refractivity contribution < 1.29 is 14.3 Å². The maximum Gasteiger partial charge on any atom is 0.234 e. The van der Waals surface area contributed by atoms with Crippen LogP contribution in [0.2, 0.25) is 0 Å². The summed E-state index contributed by atoms with van der Waals surface area (Å²) in [5, 5.41) is 11.2. The first-order chi connectivity index (χ1) is 9.02. The Hall–Kier alpha value is -1.90. The average Bonchev–Trinajstić information content (AvgIpc) is 2.35. The zero-order valence-electron chi connectivity index (χ0n) is 11.0. The highest BCUT2D eigenvalue weighted by Gasteiger charge is 2.06. The monoisotopic (exact) mass is 264 g/mol. The molecule has 0 radical (unpaired) electrons. The number of amides is 1. The SMILES string of the molecule is CN(C)CC(=O)NCc1cc(C#CCO)ccc1F. The quantitative estimate of drug-likeness (QED) is 0.771. The number of rotatable bonds is 4. The van der Waals surface area contributed by atoms with Gasteiger partial charge in [-0.15, -0.1) is 0 Å². The van der Waals surface area contributed by atoms with Gasteiger partial charge < -0.3 is 15.3 Å². The number of aliphatic hydroxyl groups is 1. The van der Waals surface area contributed by atoms with Gasteiger partial charge >= 0.3 is 0 Å². The second-order valence-corrected chi connectivity index (χ2v) is 4.28. The fourth-order valence-corrected chi connectivity index (χ4v) is 1.47. The molecule has 0 aromatic heterocycles. The van der Waals surface area contributed by atoms with E-state index in [9.17, 15) is 9.18 Å². The van der Waals surface area contributed by atoms with E-state index in [2.05, 4.69) is 17.2 Å². The highest BCUT2D eigenvalue weighted by atomic mass is 19.1. The second-order valence-electron chi connectivity index (χ2n) is 4.28. The molecule has 0 aliphatic rings. The Kier molecular flexibility index (Phi) is 6.00. The van der Waals surface area contributed by atoms with Gasteiger partial charge in [0.05, 0.1) is 6.54 Å². The number of hydrogen-bond acceptors (Lipinski definition) is 3. The van der Waals surface area contributed by atoms with Crippen LogP contribution in [-0.2, 0) is 11.3 Å². The van der Waals surface area contributed by atoms with Gasteiger partial charge in [0, 0.05) is 17.7 Å². The molecule has 1 aromatic carbocycles. The molecule has 1 amide bonds. The van der Waals surface area contributed by atoms with Gasteiger partial charge in [0.25, 0.3) is 0 Å². The van der Waals surface area contributed by atoms with Crippen molar-refractivity contribution in [3.05, 3.63) is 35.1 Å². The van der Waals surface area contributed by atoms with E-state index >= 15 is 0 Å². The van der Waals surface area contributed by atoms with Crippen LogP contribution in [0, 0.1) is 17.7 Å². The molecule has 4 nitrogen and oxygen atoms in total. The number of benzene rings is 1. The lowest BCUT2D eigenvalue weighted by Gasteiger charge is -2.10. The summed E-state index contributed by atoms with van der Waals surface area (Å²) in [5.41, 5.74) is 0.976. The van der Waals surface area contributed by atoms with Crippen LogP contribution in [-0.4, -0.2) is 43.2 Å². The number of carbonyl (C=O) groups is 1. The van der Waals surface area contributed by atoms with Gasteiger partial charge in [-0.25, -0.2) is 4.39 Å². The number of nitrogens with one attached hydrogen (secondary N) is 1. The third-order valence-corrected chi connectivity index (χ3v) is 2.29. The van der Waals surface area contributed by atoms with Gasteiger partial charge in [0.2, 0.25) is 5.91 Å². The molecule has 0 spiro atoms. The fraction of sp³-hybridized carbons (Fsp3) is 0.357. The average molecular weight is 264 g/mol. The minimum Gasteiger partial charge on any atom is -0.384 e. The largest absolute Gasteiger partial charge is 0.384 e. The molecule has 1 rings (SSSR count). The van der Waals surface area contributed by atoms with Crippen LogP contribution in [0.3, 0.4) is 0 Å². The summed E-state index contributed by atoms with van der Waals surface area (Å²) >= 11 is 0. The van der Waals surface area contributed by atoms with Crippen molar-refractivity contribution in [3.63, 3.8) is 0 Å². The molecule has 5 heteroatoms. The molecule has 0 fully saturated rings. The van der Waals surface area contributed by atoms with E-state index in [4.69, 9.17) is 5.11 Å². The van der Waals surface area contributed by atoms with Crippen LogP contribution in [0.4, 0.5) is 4.39 Å².